The number of rotatable bonds is 10. The van der Waals surface area contributed by atoms with E-state index in [1.54, 1.807) is 6.92 Å². The highest BCUT2D eigenvalue weighted by molar-refractivity contribution is 5.99. The molecule has 13 atom stereocenters. The van der Waals surface area contributed by atoms with Gasteiger partial charge in [-0.2, -0.15) is 0 Å². The van der Waals surface area contributed by atoms with Gasteiger partial charge in [-0.25, -0.2) is 0 Å². The Balaban J connectivity index is 1.34. The third kappa shape index (κ3) is 7.79. The first kappa shape index (κ1) is 37.5. The van der Waals surface area contributed by atoms with Crippen LogP contribution in [-0.4, -0.2) is 67.7 Å². The summed E-state index contributed by atoms with van der Waals surface area (Å²) in [5.74, 6) is 0.562. The number of ketones is 1. The van der Waals surface area contributed by atoms with Gasteiger partial charge in [-0.15, -0.1) is 0 Å². The third-order valence-corrected chi connectivity index (χ3v) is 12.8. The minimum absolute atomic E-state index is 0.0339. The molecule has 5 aliphatic rings. The molecule has 1 aromatic rings. The normalized spacial score (nSPS) is 37.4. The number of carbonyl (C=O) groups excluding carboxylic acids is 3. The number of hydrogen-bond acceptors (Lipinski definition) is 10. The lowest BCUT2D eigenvalue weighted by Crippen LogP contribution is -2.61. The third-order valence-electron chi connectivity index (χ3n) is 12.8. The van der Waals surface area contributed by atoms with Gasteiger partial charge in [-0.1, -0.05) is 50.3 Å². The molecular formula is C41H57NO9. The summed E-state index contributed by atoms with van der Waals surface area (Å²) in [6, 6.07) is 10.6. The minimum atomic E-state index is -1.26. The number of benzene rings is 1. The van der Waals surface area contributed by atoms with Crippen LogP contribution in [0.2, 0.25) is 0 Å². The molecular weight excluding hydrogens is 650 g/mol. The van der Waals surface area contributed by atoms with E-state index < -0.39 is 24.3 Å². The monoisotopic (exact) mass is 707 g/mol. The molecule has 0 amide bonds. The second-order valence-corrected chi connectivity index (χ2v) is 15.5. The molecule has 51 heavy (non-hydrogen) atoms. The van der Waals surface area contributed by atoms with Gasteiger partial charge < -0.3 is 34.1 Å². The van der Waals surface area contributed by atoms with Crippen molar-refractivity contribution in [3.8, 4) is 0 Å². The number of fused-ring (bicyclic) bond motifs is 8. The Bertz CT molecular complexity index is 1470. The van der Waals surface area contributed by atoms with Crippen LogP contribution in [0.25, 0.3) is 0 Å². The molecule has 3 saturated carbocycles. The molecule has 4 fully saturated rings. The number of nitrogens with one attached hydrogen (secondary N) is 1. The predicted octanol–water partition coefficient (Wildman–Crippen LogP) is 5.87. The largest absolute Gasteiger partial charge is 0.498 e. The van der Waals surface area contributed by atoms with E-state index in [1.807, 2.05) is 19.9 Å². The fourth-order valence-electron chi connectivity index (χ4n) is 10.4. The van der Waals surface area contributed by atoms with Crippen molar-refractivity contribution in [3.05, 3.63) is 59.1 Å². The lowest BCUT2D eigenvalue weighted by Gasteiger charge is -2.59. The lowest BCUT2D eigenvalue weighted by atomic mass is 9.47. The van der Waals surface area contributed by atoms with Crippen molar-refractivity contribution in [2.45, 2.75) is 116 Å². The van der Waals surface area contributed by atoms with Crippen LogP contribution in [0.4, 0.5) is 0 Å². The molecule has 10 heteroatoms. The van der Waals surface area contributed by atoms with E-state index in [1.165, 1.54) is 26.7 Å². The molecule has 2 unspecified atom stereocenters. The van der Waals surface area contributed by atoms with Crippen LogP contribution in [-0.2, 0) is 44.6 Å². The Morgan fingerprint density at radius 1 is 1.00 bits per heavy atom. The van der Waals surface area contributed by atoms with Crippen LogP contribution in [0.15, 0.2) is 53.5 Å². The smallest absolute Gasteiger partial charge is 0.306 e. The first-order valence-corrected chi connectivity index (χ1v) is 19.1. The summed E-state index contributed by atoms with van der Waals surface area (Å²) < 4.78 is 28.9. The number of cyclic esters (lactones) is 1. The maximum atomic E-state index is 14.6. The highest BCUT2D eigenvalue weighted by Gasteiger charge is 2.64. The molecule has 280 valence electrons. The first-order chi connectivity index (χ1) is 24.5. The van der Waals surface area contributed by atoms with Crippen molar-refractivity contribution < 1.29 is 43.2 Å². The Labute approximate surface area is 302 Å². The SMILES string of the molecule is CC[C@H]1CCC[C@H](OC(C)=O)[C@@H](C)C(=O)C2=CC3[C@@H]([C@H]4C(NCc5ccccc5)C[C@H]4[C@@H]4C[C@@H](O[C@H](O)/C(OC)=C(/C)OC)C[C@@H]34)[C@@H]2CC(=O)O1. The van der Waals surface area contributed by atoms with Gasteiger partial charge in [0.2, 0.25) is 6.29 Å². The van der Waals surface area contributed by atoms with E-state index >= 15 is 0 Å². The van der Waals surface area contributed by atoms with Crippen molar-refractivity contribution in [1.29, 1.82) is 0 Å². The number of esters is 2. The predicted molar refractivity (Wildman–Crippen MR) is 189 cm³/mol. The van der Waals surface area contributed by atoms with Crippen molar-refractivity contribution >= 4 is 17.7 Å². The Hall–Kier alpha value is -3.21. The minimum Gasteiger partial charge on any atom is -0.498 e. The number of aliphatic hydroxyl groups is 1. The molecule has 4 aliphatic carbocycles. The Morgan fingerprint density at radius 2 is 1.75 bits per heavy atom. The highest BCUT2D eigenvalue weighted by Crippen LogP contribution is 2.66. The Morgan fingerprint density at radius 3 is 2.43 bits per heavy atom. The maximum absolute atomic E-state index is 14.6. The summed E-state index contributed by atoms with van der Waals surface area (Å²) in [5, 5.41) is 14.9. The summed E-state index contributed by atoms with van der Waals surface area (Å²) in [6.45, 7) is 7.77. The van der Waals surface area contributed by atoms with E-state index in [-0.39, 0.29) is 71.8 Å². The Kier molecular flexibility index (Phi) is 11.9. The van der Waals surface area contributed by atoms with E-state index in [0.717, 1.165) is 25.8 Å². The fourth-order valence-corrected chi connectivity index (χ4v) is 10.4. The van der Waals surface area contributed by atoms with E-state index in [2.05, 4.69) is 35.7 Å². The highest BCUT2D eigenvalue weighted by atomic mass is 16.6. The zero-order valence-electron chi connectivity index (χ0n) is 31.0. The number of methoxy groups -OCH3 is 2. The molecule has 1 saturated heterocycles. The van der Waals surface area contributed by atoms with Crippen LogP contribution in [0.3, 0.4) is 0 Å². The summed E-state index contributed by atoms with van der Waals surface area (Å²) in [6.07, 6.45) is 5.25. The zero-order chi connectivity index (χ0) is 36.4. The summed E-state index contributed by atoms with van der Waals surface area (Å²) >= 11 is 0. The molecule has 0 spiro atoms. The van der Waals surface area contributed by atoms with Gasteiger partial charge >= 0.3 is 11.9 Å². The van der Waals surface area contributed by atoms with E-state index in [0.29, 0.717) is 48.9 Å². The molecule has 10 nitrogen and oxygen atoms in total. The average Bonchev–Trinajstić information content (AvgIpc) is 3.67. The molecule has 6 rings (SSSR count). The maximum Gasteiger partial charge on any atom is 0.306 e. The lowest BCUT2D eigenvalue weighted by molar-refractivity contribution is -0.153. The molecule has 1 heterocycles. The number of ether oxygens (including phenoxy) is 5. The van der Waals surface area contributed by atoms with Crippen LogP contribution < -0.4 is 5.32 Å². The average molecular weight is 708 g/mol. The van der Waals surface area contributed by atoms with Gasteiger partial charge in [0.05, 0.1) is 32.7 Å². The second-order valence-electron chi connectivity index (χ2n) is 15.5. The van der Waals surface area contributed by atoms with Crippen LogP contribution in [0.1, 0.15) is 84.6 Å². The van der Waals surface area contributed by atoms with E-state index in [9.17, 15) is 19.5 Å². The molecule has 0 aromatic heterocycles. The van der Waals surface area contributed by atoms with Crippen LogP contribution in [0.5, 0.6) is 0 Å². The first-order valence-electron chi connectivity index (χ1n) is 19.1. The van der Waals surface area contributed by atoms with Crippen LogP contribution in [0, 0.1) is 47.3 Å². The topological polar surface area (TPSA) is 130 Å². The summed E-state index contributed by atoms with van der Waals surface area (Å²) in [5.41, 5.74) is 1.91. The molecule has 2 N–H and O–H groups in total. The van der Waals surface area contributed by atoms with Crippen LogP contribution >= 0.6 is 0 Å². The van der Waals surface area contributed by atoms with Crippen molar-refractivity contribution in [2.24, 2.45) is 47.3 Å². The summed E-state index contributed by atoms with van der Waals surface area (Å²) in [4.78, 5) is 40.5. The number of aliphatic hydroxyl groups excluding tert-OH is 1. The molecule has 1 aliphatic heterocycles. The molecule has 0 bridgehead atoms. The van der Waals surface area contributed by atoms with Gasteiger partial charge in [0, 0.05) is 25.4 Å². The summed E-state index contributed by atoms with van der Waals surface area (Å²) in [7, 11) is 3.03. The quantitative estimate of drug-likeness (QED) is 0.173. The van der Waals surface area contributed by atoms with Gasteiger partial charge in [-0.05, 0) is 98.5 Å². The van der Waals surface area contributed by atoms with Crippen molar-refractivity contribution in [3.63, 3.8) is 0 Å². The van der Waals surface area contributed by atoms with Crippen molar-refractivity contribution in [1.82, 2.24) is 5.32 Å². The van der Waals surface area contributed by atoms with Gasteiger partial charge in [0.25, 0.3) is 0 Å². The number of Topliss-reactive ketones (excluding diaryl/α,β-unsaturated/α-hetero) is 1. The molecule has 1 aromatic carbocycles. The van der Waals surface area contributed by atoms with Gasteiger partial charge in [0.15, 0.2) is 11.5 Å². The van der Waals surface area contributed by atoms with Gasteiger partial charge in [-0.3, -0.25) is 14.4 Å². The standard InChI is InChI=1S/C41H57NO9/c1-7-26-14-11-15-35(49-24(4)43)22(2)39(45)33-18-30-28-16-27(51-41(46)40(48-6)23(3)47-5)17-29(28)31-19-34(42-21-25-12-9-8-10-13-25)38(31)37(30)32(33)20-36(44)50-26/h8-10,12-13,18,22,26-32,34-35,37-38,41-42,46H,7,11,14-17,19-21H2,1-6H3/b40-23+/t22-,26+,27+,28-,29-,30?,31+,32-,34?,35+,37-,38-,41+/m1/s1. The molecule has 0 radical (unpaired) electrons. The van der Waals surface area contributed by atoms with Gasteiger partial charge in [0.1, 0.15) is 18.0 Å². The van der Waals surface area contributed by atoms with Crippen molar-refractivity contribution in [2.75, 3.05) is 14.2 Å². The fraction of sp³-hybridized carbons (Fsp3) is 0.683. The van der Waals surface area contributed by atoms with E-state index in [4.69, 9.17) is 23.7 Å². The number of carbonyl (C=O) groups is 3. The number of hydrogen-bond donors (Lipinski definition) is 2. The number of allylic oxidation sites excluding steroid dienone is 3. The zero-order valence-corrected chi connectivity index (χ0v) is 31.0. The second kappa shape index (κ2) is 16.2.